The zero-order valence-corrected chi connectivity index (χ0v) is 14.7. The fourth-order valence-electron chi connectivity index (χ4n) is 2.50. The maximum absolute atomic E-state index is 13.6. The Morgan fingerprint density at radius 2 is 1.44 bits per heavy atom. The summed E-state index contributed by atoms with van der Waals surface area (Å²) in [5.74, 6) is -0.630. The van der Waals surface area contributed by atoms with E-state index in [0.29, 0.717) is 16.9 Å². The van der Waals surface area contributed by atoms with Gasteiger partial charge in [-0.3, -0.25) is 9.59 Å². The molecule has 0 spiro atoms. The van der Waals surface area contributed by atoms with Crippen LogP contribution in [0.2, 0.25) is 0 Å². The van der Waals surface area contributed by atoms with E-state index in [4.69, 9.17) is 4.74 Å². The van der Waals surface area contributed by atoms with Crippen molar-refractivity contribution < 1.29 is 18.7 Å². The summed E-state index contributed by atoms with van der Waals surface area (Å²) in [7, 11) is 0. The van der Waals surface area contributed by atoms with Crippen molar-refractivity contribution in [1.82, 2.24) is 0 Å². The second-order valence-corrected chi connectivity index (χ2v) is 5.95. The fraction of sp³-hybridized carbons (Fsp3) is 0.0909. The molecule has 1 amide bonds. The van der Waals surface area contributed by atoms with E-state index >= 15 is 0 Å². The number of ketones is 1. The number of para-hydroxylation sites is 1. The first-order chi connectivity index (χ1) is 13.0. The summed E-state index contributed by atoms with van der Waals surface area (Å²) < 4.78 is 19.2. The fourth-order valence-corrected chi connectivity index (χ4v) is 2.50. The number of carbonyl (C=O) groups excluding carboxylic acids is 2. The van der Waals surface area contributed by atoms with Crippen LogP contribution in [0.1, 0.15) is 22.8 Å². The first-order valence-corrected chi connectivity index (χ1v) is 8.46. The highest BCUT2D eigenvalue weighted by atomic mass is 19.1. The van der Waals surface area contributed by atoms with Crippen LogP contribution in [0.15, 0.2) is 78.9 Å². The zero-order chi connectivity index (χ0) is 19.2. The van der Waals surface area contributed by atoms with Gasteiger partial charge in [-0.2, -0.15) is 0 Å². The van der Waals surface area contributed by atoms with Gasteiger partial charge in [0.1, 0.15) is 11.6 Å². The van der Waals surface area contributed by atoms with Gasteiger partial charge in [-0.1, -0.05) is 42.5 Å². The number of rotatable bonds is 6. The van der Waals surface area contributed by atoms with E-state index in [1.165, 1.54) is 12.1 Å². The lowest BCUT2D eigenvalue weighted by Gasteiger charge is -2.15. The number of hydrogen-bond acceptors (Lipinski definition) is 3. The predicted octanol–water partition coefficient (Wildman–Crippen LogP) is 4.46. The Balaban J connectivity index is 1.63. The van der Waals surface area contributed by atoms with Gasteiger partial charge in [0.05, 0.1) is 5.69 Å². The number of carbonyl (C=O) groups is 2. The minimum atomic E-state index is -0.833. The van der Waals surface area contributed by atoms with Crippen LogP contribution in [0.3, 0.4) is 0 Å². The van der Waals surface area contributed by atoms with Gasteiger partial charge in [0.25, 0.3) is 5.91 Å². The molecule has 27 heavy (non-hydrogen) atoms. The maximum atomic E-state index is 13.6. The standard InChI is InChI=1S/C22H18FNO3/c1-15(22(26)24-20-10-6-5-9-19(20)23)27-18-13-11-17(12-14-18)21(25)16-7-3-2-4-8-16/h2-15H,1H3,(H,24,26)/t15-/m1/s1. The van der Waals surface area contributed by atoms with E-state index in [1.807, 2.05) is 6.07 Å². The van der Waals surface area contributed by atoms with Crippen molar-refractivity contribution in [1.29, 1.82) is 0 Å². The largest absolute Gasteiger partial charge is 0.481 e. The summed E-state index contributed by atoms with van der Waals surface area (Å²) in [4.78, 5) is 24.6. The lowest BCUT2D eigenvalue weighted by molar-refractivity contribution is -0.122. The van der Waals surface area contributed by atoms with Gasteiger partial charge < -0.3 is 10.1 Å². The van der Waals surface area contributed by atoms with Crippen LogP contribution >= 0.6 is 0 Å². The first kappa shape index (κ1) is 18.3. The molecule has 0 heterocycles. The molecule has 5 heteroatoms. The van der Waals surface area contributed by atoms with Gasteiger partial charge in [0, 0.05) is 11.1 Å². The Bertz CT molecular complexity index is 939. The molecule has 0 unspecified atom stereocenters. The number of benzene rings is 3. The molecule has 0 aliphatic heterocycles. The van der Waals surface area contributed by atoms with Gasteiger partial charge in [0.2, 0.25) is 0 Å². The number of halogens is 1. The Labute approximate surface area is 156 Å². The van der Waals surface area contributed by atoms with E-state index in [-0.39, 0.29) is 11.5 Å². The van der Waals surface area contributed by atoms with Crippen LogP contribution in [0, 0.1) is 5.82 Å². The Hall–Kier alpha value is -3.47. The molecule has 1 atom stereocenters. The molecule has 136 valence electrons. The molecule has 4 nitrogen and oxygen atoms in total. The summed E-state index contributed by atoms with van der Waals surface area (Å²) >= 11 is 0. The molecule has 3 aromatic rings. The normalized spacial score (nSPS) is 11.5. The SMILES string of the molecule is C[C@@H](Oc1ccc(C(=O)c2ccccc2)cc1)C(=O)Nc1ccccc1F. The molecule has 0 saturated heterocycles. The molecule has 0 fully saturated rings. The van der Waals surface area contributed by atoms with Crippen molar-refractivity contribution >= 4 is 17.4 Å². The molecular formula is C22H18FNO3. The molecule has 0 aliphatic carbocycles. The number of hydrogen-bond donors (Lipinski definition) is 1. The molecule has 0 aliphatic rings. The van der Waals surface area contributed by atoms with Gasteiger partial charge in [-0.05, 0) is 43.3 Å². The minimum Gasteiger partial charge on any atom is -0.481 e. The van der Waals surface area contributed by atoms with Crippen LogP contribution < -0.4 is 10.1 Å². The quantitative estimate of drug-likeness (QED) is 0.658. The van der Waals surface area contributed by atoms with Crippen molar-refractivity contribution in [3.05, 3.63) is 95.8 Å². The molecule has 0 bridgehead atoms. The lowest BCUT2D eigenvalue weighted by Crippen LogP contribution is -2.30. The second-order valence-electron chi connectivity index (χ2n) is 5.95. The average Bonchev–Trinajstić information content (AvgIpc) is 2.70. The Morgan fingerprint density at radius 3 is 2.11 bits per heavy atom. The van der Waals surface area contributed by atoms with E-state index in [1.54, 1.807) is 67.6 Å². The van der Waals surface area contributed by atoms with Crippen molar-refractivity contribution in [2.45, 2.75) is 13.0 Å². The summed E-state index contributed by atoms with van der Waals surface area (Å²) in [5.41, 5.74) is 1.22. The van der Waals surface area contributed by atoms with Crippen LogP contribution in [-0.4, -0.2) is 17.8 Å². The molecule has 3 aromatic carbocycles. The molecule has 1 N–H and O–H groups in total. The monoisotopic (exact) mass is 363 g/mol. The van der Waals surface area contributed by atoms with E-state index in [0.717, 1.165) is 0 Å². The van der Waals surface area contributed by atoms with Crippen molar-refractivity contribution in [2.24, 2.45) is 0 Å². The molecular weight excluding hydrogens is 345 g/mol. The van der Waals surface area contributed by atoms with Gasteiger partial charge >= 0.3 is 0 Å². The zero-order valence-electron chi connectivity index (χ0n) is 14.7. The Kier molecular flexibility index (Phi) is 5.61. The predicted molar refractivity (Wildman–Crippen MR) is 101 cm³/mol. The Morgan fingerprint density at radius 1 is 0.852 bits per heavy atom. The average molecular weight is 363 g/mol. The summed E-state index contributed by atoms with van der Waals surface area (Å²) in [6.07, 6.45) is -0.833. The highest BCUT2D eigenvalue weighted by molar-refractivity contribution is 6.09. The highest BCUT2D eigenvalue weighted by Gasteiger charge is 2.17. The summed E-state index contributed by atoms with van der Waals surface area (Å²) in [5, 5.41) is 2.49. The topological polar surface area (TPSA) is 55.4 Å². The minimum absolute atomic E-state index is 0.0903. The smallest absolute Gasteiger partial charge is 0.265 e. The lowest BCUT2D eigenvalue weighted by atomic mass is 10.0. The number of anilines is 1. The van der Waals surface area contributed by atoms with Crippen LogP contribution in [-0.2, 0) is 4.79 Å². The van der Waals surface area contributed by atoms with Gasteiger partial charge in [-0.15, -0.1) is 0 Å². The van der Waals surface area contributed by atoms with Crippen LogP contribution in [0.4, 0.5) is 10.1 Å². The van der Waals surface area contributed by atoms with Crippen LogP contribution in [0.25, 0.3) is 0 Å². The number of ether oxygens (including phenoxy) is 1. The third-order valence-electron chi connectivity index (χ3n) is 3.97. The highest BCUT2D eigenvalue weighted by Crippen LogP contribution is 2.18. The van der Waals surface area contributed by atoms with Crippen molar-refractivity contribution in [3.63, 3.8) is 0 Å². The first-order valence-electron chi connectivity index (χ1n) is 8.46. The van der Waals surface area contributed by atoms with Gasteiger partial charge in [-0.25, -0.2) is 4.39 Å². The number of nitrogens with one attached hydrogen (secondary N) is 1. The number of amides is 1. The van der Waals surface area contributed by atoms with Crippen LogP contribution in [0.5, 0.6) is 5.75 Å². The maximum Gasteiger partial charge on any atom is 0.265 e. The second kappa shape index (κ2) is 8.27. The summed E-state index contributed by atoms with van der Waals surface area (Å²) in [6, 6.07) is 21.4. The van der Waals surface area contributed by atoms with Crippen molar-refractivity contribution in [3.8, 4) is 5.75 Å². The van der Waals surface area contributed by atoms with E-state index < -0.39 is 17.8 Å². The van der Waals surface area contributed by atoms with Gasteiger partial charge in [0.15, 0.2) is 11.9 Å². The third kappa shape index (κ3) is 4.58. The molecule has 3 rings (SSSR count). The third-order valence-corrected chi connectivity index (χ3v) is 3.97. The van der Waals surface area contributed by atoms with E-state index in [9.17, 15) is 14.0 Å². The summed E-state index contributed by atoms with van der Waals surface area (Å²) in [6.45, 7) is 1.57. The molecule has 0 aromatic heterocycles. The molecule has 0 radical (unpaired) electrons. The van der Waals surface area contributed by atoms with Crippen molar-refractivity contribution in [2.75, 3.05) is 5.32 Å². The van der Waals surface area contributed by atoms with E-state index in [2.05, 4.69) is 5.32 Å². The molecule has 0 saturated carbocycles.